The van der Waals surface area contributed by atoms with Crippen LogP contribution >= 0.6 is 11.6 Å². The number of ether oxygens (including phenoxy) is 2. The van der Waals surface area contributed by atoms with Gasteiger partial charge in [0.25, 0.3) is 0 Å². The van der Waals surface area contributed by atoms with Gasteiger partial charge in [0.15, 0.2) is 5.82 Å². The molecule has 4 heterocycles. The Morgan fingerprint density at radius 3 is 2.25 bits per heavy atom. The molecular weight excluding hydrogens is 720 g/mol. The minimum absolute atomic E-state index is 0.113. The molecule has 13 heteroatoms. The van der Waals surface area contributed by atoms with E-state index in [1.54, 1.807) is 6.20 Å². The number of carboxylic acids is 2. The van der Waals surface area contributed by atoms with Gasteiger partial charge >= 0.3 is 17.9 Å². The van der Waals surface area contributed by atoms with E-state index in [9.17, 15) is 9.59 Å². The van der Waals surface area contributed by atoms with E-state index in [1.165, 1.54) is 5.56 Å². The van der Waals surface area contributed by atoms with E-state index in [0.29, 0.717) is 55.9 Å². The van der Waals surface area contributed by atoms with E-state index in [1.807, 2.05) is 54.7 Å². The highest BCUT2D eigenvalue weighted by atomic mass is 35.5. The molecule has 12 nitrogen and oxygen atoms in total. The lowest BCUT2D eigenvalue weighted by Gasteiger charge is -2.27. The van der Waals surface area contributed by atoms with Crippen molar-refractivity contribution >= 4 is 23.5 Å². The summed E-state index contributed by atoms with van der Waals surface area (Å²) in [5.74, 6) is -0.162. The van der Waals surface area contributed by atoms with Crippen molar-refractivity contribution < 1.29 is 29.3 Å². The van der Waals surface area contributed by atoms with Crippen molar-refractivity contribution in [1.82, 2.24) is 29.7 Å². The van der Waals surface area contributed by atoms with E-state index in [0.717, 1.165) is 83.0 Å². The summed E-state index contributed by atoms with van der Waals surface area (Å²) in [7, 11) is 0. The molecule has 0 fully saturated rings. The molecule has 2 aliphatic heterocycles. The van der Waals surface area contributed by atoms with Crippen LogP contribution in [-0.2, 0) is 61.7 Å². The number of carboxylic acid groups (broad SMARTS) is 2. The summed E-state index contributed by atoms with van der Waals surface area (Å²) >= 11 is 6.70. The molecule has 2 aromatic heterocycles. The standard InChI is InChI=1S/C42H43ClN6O6/c43-36-8-3-7-29(35(36)27-55-42-45-22-32-23-48(20-17-40(52)53)19-16-37(32)47-42)11-10-28-5-1-2-6-31(28)26-54-34-14-12-30(13-15-34)41-44-21-33-24-49(25-38(33)46-41)18-4-9-39(50)51/h1-3,5-8,12-15,21-22H,4,9-11,16-20,23-27H2,(H,50,51)(H,52,53). The summed E-state index contributed by atoms with van der Waals surface area (Å²) in [5, 5.41) is 18.6. The van der Waals surface area contributed by atoms with Gasteiger partial charge in [-0.2, -0.15) is 4.98 Å². The third kappa shape index (κ3) is 10.0. The van der Waals surface area contributed by atoms with Gasteiger partial charge in [-0.1, -0.05) is 48.0 Å². The molecule has 0 atom stereocenters. The van der Waals surface area contributed by atoms with Crippen molar-refractivity contribution in [2.24, 2.45) is 0 Å². The zero-order chi connectivity index (χ0) is 38.1. The Balaban J connectivity index is 0.929. The lowest BCUT2D eigenvalue weighted by molar-refractivity contribution is -0.138. The van der Waals surface area contributed by atoms with Gasteiger partial charge in [0.05, 0.1) is 17.8 Å². The summed E-state index contributed by atoms with van der Waals surface area (Å²) in [6, 6.07) is 22.3. The number of benzene rings is 3. The van der Waals surface area contributed by atoms with Crippen LogP contribution in [-0.4, -0.2) is 71.5 Å². The molecule has 0 spiro atoms. The topological polar surface area (TPSA) is 151 Å². The second-order valence-corrected chi connectivity index (χ2v) is 14.3. The monoisotopic (exact) mass is 762 g/mol. The third-order valence-electron chi connectivity index (χ3n) is 10.1. The number of nitrogens with zero attached hydrogens (tertiary/aromatic N) is 6. The molecule has 0 saturated carbocycles. The van der Waals surface area contributed by atoms with Crippen molar-refractivity contribution in [2.45, 2.75) is 71.4 Å². The highest BCUT2D eigenvalue weighted by Crippen LogP contribution is 2.27. The predicted octanol–water partition coefficient (Wildman–Crippen LogP) is 6.54. The van der Waals surface area contributed by atoms with Gasteiger partial charge in [-0.05, 0) is 72.8 Å². The van der Waals surface area contributed by atoms with Crippen LogP contribution in [0.2, 0.25) is 5.02 Å². The second-order valence-electron chi connectivity index (χ2n) is 13.9. The van der Waals surface area contributed by atoms with E-state index in [-0.39, 0.29) is 19.4 Å². The first kappa shape index (κ1) is 37.9. The number of aryl methyl sites for hydroxylation is 2. The number of carbonyl (C=O) groups is 2. The SMILES string of the molecule is O=C(O)CCCN1Cc2cnc(-c3ccc(OCc4ccccc4CCc4cccc(Cl)c4COc4ncc5c(n4)CCN(CCC(=O)O)C5)cc3)nc2C1. The van der Waals surface area contributed by atoms with Gasteiger partial charge in [-0.15, -0.1) is 0 Å². The predicted molar refractivity (Wildman–Crippen MR) is 206 cm³/mol. The molecule has 2 N–H and O–H groups in total. The average molecular weight is 763 g/mol. The van der Waals surface area contributed by atoms with Gasteiger partial charge < -0.3 is 19.7 Å². The van der Waals surface area contributed by atoms with Crippen molar-refractivity contribution in [3.8, 4) is 23.1 Å². The van der Waals surface area contributed by atoms with Crippen molar-refractivity contribution in [2.75, 3.05) is 19.6 Å². The van der Waals surface area contributed by atoms with Gasteiger partial charge in [-0.3, -0.25) is 19.4 Å². The van der Waals surface area contributed by atoms with Crippen LogP contribution in [0.5, 0.6) is 11.8 Å². The van der Waals surface area contributed by atoms with E-state index < -0.39 is 11.9 Å². The Hall–Kier alpha value is -5.43. The Bertz CT molecular complexity index is 2150. The van der Waals surface area contributed by atoms with Crippen molar-refractivity contribution in [1.29, 1.82) is 0 Å². The van der Waals surface area contributed by atoms with Crippen LogP contribution in [0.15, 0.2) is 79.1 Å². The molecule has 7 rings (SSSR count). The Kier molecular flexibility index (Phi) is 12.3. The van der Waals surface area contributed by atoms with Crippen LogP contribution in [0.1, 0.15) is 64.0 Å². The van der Waals surface area contributed by atoms with Gasteiger partial charge in [0.1, 0.15) is 19.0 Å². The molecule has 284 valence electrons. The maximum atomic E-state index is 11.0. The van der Waals surface area contributed by atoms with Crippen LogP contribution in [0.3, 0.4) is 0 Å². The van der Waals surface area contributed by atoms with Gasteiger partial charge in [-0.25, -0.2) is 15.0 Å². The minimum atomic E-state index is -0.799. The zero-order valence-corrected chi connectivity index (χ0v) is 31.2. The molecule has 3 aromatic carbocycles. The van der Waals surface area contributed by atoms with Crippen LogP contribution in [0.25, 0.3) is 11.4 Å². The first-order chi connectivity index (χ1) is 26.8. The Morgan fingerprint density at radius 2 is 1.44 bits per heavy atom. The minimum Gasteiger partial charge on any atom is -0.489 e. The van der Waals surface area contributed by atoms with Crippen molar-refractivity contribution in [3.05, 3.63) is 129 Å². The molecule has 2 aliphatic rings. The highest BCUT2D eigenvalue weighted by molar-refractivity contribution is 6.31. The number of hydrogen-bond acceptors (Lipinski definition) is 10. The summed E-state index contributed by atoms with van der Waals surface area (Å²) in [6.07, 6.45) is 6.79. The molecular formula is C42H43ClN6O6. The van der Waals surface area contributed by atoms with E-state index in [2.05, 4.69) is 43.0 Å². The molecule has 0 bridgehead atoms. The summed E-state index contributed by atoms with van der Waals surface area (Å²) < 4.78 is 12.3. The number of rotatable bonds is 17. The highest BCUT2D eigenvalue weighted by Gasteiger charge is 2.22. The second kappa shape index (κ2) is 17.8. The fourth-order valence-electron chi connectivity index (χ4n) is 7.05. The quantitative estimate of drug-likeness (QED) is 0.106. The molecule has 55 heavy (non-hydrogen) atoms. The molecule has 5 aromatic rings. The first-order valence-electron chi connectivity index (χ1n) is 18.5. The molecule has 0 unspecified atom stereocenters. The third-order valence-corrected chi connectivity index (χ3v) is 10.4. The lowest BCUT2D eigenvalue weighted by Crippen LogP contribution is -2.33. The van der Waals surface area contributed by atoms with Crippen LogP contribution in [0, 0.1) is 0 Å². The number of aromatic nitrogens is 4. The van der Waals surface area contributed by atoms with Crippen molar-refractivity contribution in [3.63, 3.8) is 0 Å². The van der Waals surface area contributed by atoms with Crippen LogP contribution < -0.4 is 9.47 Å². The fourth-order valence-corrected chi connectivity index (χ4v) is 7.30. The summed E-state index contributed by atoms with van der Waals surface area (Å²) in [6.45, 7) is 4.69. The first-order valence-corrected chi connectivity index (χ1v) is 18.9. The molecule has 0 amide bonds. The average Bonchev–Trinajstić information content (AvgIpc) is 3.60. The Morgan fingerprint density at radius 1 is 0.709 bits per heavy atom. The molecule has 0 saturated heterocycles. The van der Waals surface area contributed by atoms with Gasteiger partial charge in [0, 0.05) is 85.2 Å². The molecule has 0 radical (unpaired) electrons. The van der Waals surface area contributed by atoms with Crippen LogP contribution in [0.4, 0.5) is 0 Å². The normalized spacial score (nSPS) is 14.0. The largest absolute Gasteiger partial charge is 0.489 e. The number of hydrogen-bond donors (Lipinski definition) is 2. The zero-order valence-electron chi connectivity index (χ0n) is 30.5. The summed E-state index contributed by atoms with van der Waals surface area (Å²) in [5.41, 5.74) is 9.18. The van der Waals surface area contributed by atoms with E-state index >= 15 is 0 Å². The fraction of sp³-hybridized carbons (Fsp3) is 0.333. The number of halogens is 1. The van der Waals surface area contributed by atoms with E-state index in [4.69, 9.17) is 36.3 Å². The van der Waals surface area contributed by atoms with Gasteiger partial charge in [0.2, 0.25) is 0 Å². The number of aliphatic carboxylic acids is 2. The maximum absolute atomic E-state index is 11.0. The number of fused-ring (bicyclic) bond motifs is 2. The summed E-state index contributed by atoms with van der Waals surface area (Å²) in [4.78, 5) is 44.7. The molecule has 0 aliphatic carbocycles. The smallest absolute Gasteiger partial charge is 0.316 e. The Labute approximate surface area is 324 Å². The lowest BCUT2D eigenvalue weighted by atomic mass is 9.97. The maximum Gasteiger partial charge on any atom is 0.316 e.